The molecule has 2 atom stereocenters. The summed E-state index contributed by atoms with van der Waals surface area (Å²) in [5.74, 6) is 3.19. The summed E-state index contributed by atoms with van der Waals surface area (Å²) in [6.45, 7) is 2.23. The Kier molecular flexibility index (Phi) is 2.24. The molecule has 1 fully saturated rings. The number of hydrogen-bond donors (Lipinski definition) is 1. The molecule has 2 unspecified atom stereocenters. The highest BCUT2D eigenvalue weighted by atomic mass is 79.9. The first-order valence-corrected chi connectivity index (χ1v) is 5.22. The van der Waals surface area contributed by atoms with E-state index in [4.69, 9.17) is 0 Å². The smallest absolute Gasteiger partial charge is 0.143 e. The Morgan fingerprint density at radius 1 is 1.62 bits per heavy atom. The fraction of sp³-hybridized carbons (Fsp3) is 0.556. The molecule has 2 rings (SSSR count). The third-order valence-electron chi connectivity index (χ3n) is 2.44. The van der Waals surface area contributed by atoms with E-state index in [-0.39, 0.29) is 0 Å². The third kappa shape index (κ3) is 1.68. The van der Waals surface area contributed by atoms with E-state index < -0.39 is 0 Å². The summed E-state index contributed by atoms with van der Waals surface area (Å²) < 4.78 is 0.923. The molecule has 1 aromatic heterocycles. The third-order valence-corrected chi connectivity index (χ3v) is 3.02. The molecule has 1 aliphatic carbocycles. The average Bonchev–Trinajstić information content (AvgIpc) is 2.84. The minimum Gasteiger partial charge on any atom is -0.372 e. The van der Waals surface area contributed by atoms with Gasteiger partial charge < -0.3 is 5.32 Å². The van der Waals surface area contributed by atoms with Crippen LogP contribution in [0, 0.1) is 5.92 Å². The number of rotatable bonds is 2. The van der Waals surface area contributed by atoms with Gasteiger partial charge in [-0.2, -0.15) is 0 Å². The van der Waals surface area contributed by atoms with Gasteiger partial charge in [-0.15, -0.1) is 0 Å². The summed E-state index contributed by atoms with van der Waals surface area (Å²) in [6, 6.07) is 0. The lowest BCUT2D eigenvalue weighted by molar-refractivity contribution is 0.841. The van der Waals surface area contributed by atoms with E-state index in [0.717, 1.165) is 22.0 Å². The van der Waals surface area contributed by atoms with Crippen molar-refractivity contribution < 1.29 is 0 Å². The average molecular weight is 242 g/mol. The van der Waals surface area contributed by atoms with Gasteiger partial charge in [0.25, 0.3) is 0 Å². The number of halogens is 1. The van der Waals surface area contributed by atoms with Crippen molar-refractivity contribution in [3.05, 3.63) is 16.5 Å². The molecule has 13 heavy (non-hydrogen) atoms. The van der Waals surface area contributed by atoms with Gasteiger partial charge >= 0.3 is 0 Å². The second-order valence-corrected chi connectivity index (χ2v) is 4.35. The number of nitrogens with one attached hydrogen (secondary N) is 1. The van der Waals surface area contributed by atoms with E-state index in [0.29, 0.717) is 5.92 Å². The van der Waals surface area contributed by atoms with Crippen molar-refractivity contribution >= 4 is 21.7 Å². The summed E-state index contributed by atoms with van der Waals surface area (Å²) >= 11 is 3.39. The summed E-state index contributed by atoms with van der Waals surface area (Å²) in [5, 5.41) is 3.04. The maximum absolute atomic E-state index is 4.43. The lowest BCUT2D eigenvalue weighted by atomic mass is 10.3. The summed E-state index contributed by atoms with van der Waals surface area (Å²) in [7, 11) is 1.87. The summed E-state index contributed by atoms with van der Waals surface area (Å²) in [4.78, 5) is 8.74. The Balaban J connectivity index is 2.28. The Morgan fingerprint density at radius 3 is 2.85 bits per heavy atom. The predicted molar refractivity (Wildman–Crippen MR) is 55.8 cm³/mol. The normalized spacial score (nSPS) is 25.8. The van der Waals surface area contributed by atoms with Gasteiger partial charge in [0.1, 0.15) is 11.6 Å². The number of hydrogen-bond acceptors (Lipinski definition) is 3. The second-order valence-electron chi connectivity index (χ2n) is 3.49. The molecular formula is C9H12BrN3. The molecule has 1 aromatic rings. The van der Waals surface area contributed by atoms with E-state index >= 15 is 0 Å². The Labute approximate surface area is 86.1 Å². The van der Waals surface area contributed by atoms with Crippen LogP contribution in [0.3, 0.4) is 0 Å². The molecule has 0 bridgehead atoms. The largest absolute Gasteiger partial charge is 0.372 e. The van der Waals surface area contributed by atoms with Gasteiger partial charge in [0.2, 0.25) is 0 Å². The van der Waals surface area contributed by atoms with E-state index in [9.17, 15) is 0 Å². The fourth-order valence-corrected chi connectivity index (χ4v) is 1.81. The molecule has 3 nitrogen and oxygen atoms in total. The summed E-state index contributed by atoms with van der Waals surface area (Å²) in [5.41, 5.74) is 0. The van der Waals surface area contributed by atoms with E-state index in [1.165, 1.54) is 6.42 Å². The number of anilines is 1. The maximum Gasteiger partial charge on any atom is 0.143 e. The monoisotopic (exact) mass is 241 g/mol. The topological polar surface area (TPSA) is 37.8 Å². The van der Waals surface area contributed by atoms with Gasteiger partial charge in [0.05, 0.1) is 4.47 Å². The molecule has 70 valence electrons. The molecule has 0 saturated heterocycles. The molecule has 0 aliphatic heterocycles. The van der Waals surface area contributed by atoms with E-state index in [2.05, 4.69) is 38.1 Å². The molecular weight excluding hydrogens is 230 g/mol. The molecule has 0 aromatic carbocycles. The highest BCUT2D eigenvalue weighted by Crippen LogP contribution is 2.45. The van der Waals surface area contributed by atoms with Crippen molar-refractivity contribution in [2.45, 2.75) is 19.3 Å². The van der Waals surface area contributed by atoms with Crippen molar-refractivity contribution in [1.29, 1.82) is 0 Å². The Morgan fingerprint density at radius 2 is 2.31 bits per heavy atom. The molecule has 0 spiro atoms. The van der Waals surface area contributed by atoms with Crippen LogP contribution in [0.1, 0.15) is 25.1 Å². The molecule has 1 heterocycles. The van der Waals surface area contributed by atoms with Crippen LogP contribution in [-0.2, 0) is 0 Å². The lowest BCUT2D eigenvalue weighted by Gasteiger charge is -2.04. The first kappa shape index (κ1) is 8.94. The van der Waals surface area contributed by atoms with Crippen molar-refractivity contribution in [3.63, 3.8) is 0 Å². The Hall–Kier alpha value is -0.640. The van der Waals surface area contributed by atoms with E-state index in [1.54, 1.807) is 0 Å². The molecule has 4 heteroatoms. The van der Waals surface area contributed by atoms with Crippen LogP contribution < -0.4 is 5.32 Å². The fourth-order valence-electron chi connectivity index (χ4n) is 1.42. The second kappa shape index (κ2) is 3.25. The van der Waals surface area contributed by atoms with Gasteiger partial charge in [0, 0.05) is 19.2 Å². The zero-order valence-corrected chi connectivity index (χ0v) is 9.30. The predicted octanol–water partition coefficient (Wildman–Crippen LogP) is 2.40. The minimum absolute atomic E-state index is 0.584. The molecule has 0 amide bonds. The van der Waals surface area contributed by atoms with E-state index in [1.807, 2.05) is 13.2 Å². The molecule has 1 aliphatic rings. The van der Waals surface area contributed by atoms with Crippen molar-refractivity contribution in [2.75, 3.05) is 12.4 Å². The van der Waals surface area contributed by atoms with Crippen LogP contribution in [-0.4, -0.2) is 17.0 Å². The van der Waals surface area contributed by atoms with Crippen LogP contribution in [0.2, 0.25) is 0 Å². The SMILES string of the molecule is CNc1nc(C2CC2C)ncc1Br. The number of nitrogens with zero attached hydrogens (tertiary/aromatic N) is 2. The Bertz CT molecular complexity index is 327. The summed E-state index contributed by atoms with van der Waals surface area (Å²) in [6.07, 6.45) is 3.05. The molecule has 1 N–H and O–H groups in total. The lowest BCUT2D eigenvalue weighted by Crippen LogP contribution is -1.99. The van der Waals surface area contributed by atoms with Crippen LogP contribution >= 0.6 is 15.9 Å². The quantitative estimate of drug-likeness (QED) is 0.865. The first-order chi connectivity index (χ1) is 6.22. The van der Waals surface area contributed by atoms with Gasteiger partial charge in [0.15, 0.2) is 0 Å². The standard InChI is InChI=1S/C9H12BrN3/c1-5-3-6(5)8-12-4-7(10)9(11-2)13-8/h4-6H,3H2,1-2H3,(H,11,12,13). The highest BCUT2D eigenvalue weighted by molar-refractivity contribution is 9.10. The van der Waals surface area contributed by atoms with Gasteiger partial charge in [-0.05, 0) is 28.3 Å². The van der Waals surface area contributed by atoms with Crippen LogP contribution in [0.4, 0.5) is 5.82 Å². The minimum atomic E-state index is 0.584. The van der Waals surface area contributed by atoms with Crippen molar-refractivity contribution in [2.24, 2.45) is 5.92 Å². The van der Waals surface area contributed by atoms with Crippen LogP contribution in [0.5, 0.6) is 0 Å². The number of aromatic nitrogens is 2. The van der Waals surface area contributed by atoms with Crippen LogP contribution in [0.25, 0.3) is 0 Å². The van der Waals surface area contributed by atoms with Gasteiger partial charge in [-0.3, -0.25) is 0 Å². The first-order valence-electron chi connectivity index (χ1n) is 4.42. The zero-order valence-electron chi connectivity index (χ0n) is 7.71. The van der Waals surface area contributed by atoms with Crippen molar-refractivity contribution in [3.8, 4) is 0 Å². The van der Waals surface area contributed by atoms with Crippen molar-refractivity contribution in [1.82, 2.24) is 9.97 Å². The molecule has 0 radical (unpaired) electrons. The maximum atomic E-state index is 4.43. The highest BCUT2D eigenvalue weighted by Gasteiger charge is 2.36. The molecule has 1 saturated carbocycles. The van der Waals surface area contributed by atoms with Crippen LogP contribution in [0.15, 0.2) is 10.7 Å². The van der Waals surface area contributed by atoms with Gasteiger partial charge in [-0.1, -0.05) is 6.92 Å². The van der Waals surface area contributed by atoms with Gasteiger partial charge in [-0.25, -0.2) is 9.97 Å². The zero-order chi connectivity index (χ0) is 9.42.